The molecular weight excluding hydrogens is 1870 g/mol. The smallest absolute Gasteiger partial charge is 0.351 e. The summed E-state index contributed by atoms with van der Waals surface area (Å²) in [5.74, 6) is 0.637. The first-order valence-electron chi connectivity index (χ1n) is 39.8. The normalized spacial score (nSPS) is 25.0. The van der Waals surface area contributed by atoms with Crippen LogP contribution in [-0.2, 0) is 73.6 Å². The van der Waals surface area contributed by atoms with Gasteiger partial charge in [-0.15, -0.1) is 26.3 Å². The maximum Gasteiger partial charge on any atom is 0.351 e. The number of hydrogen-bond acceptors (Lipinski definition) is 38. The SMILES string of the molecule is C=CCBr.C=CCOC1C[C@H](n2ccc(N)nc2=O)O[C@@H]1CO.C=CCOC1C[C@H](n2ccc(N)nc2=O)O[C@@H]1COP(=O)([O-])OP(=O)([O-])OP(=O)([O-])O.C=CCOC1C[C@H](n2ccc(N)nc2=O)O[C@@H]1CO[Si](C)(C)C(C)(C)C.CC(C)(C)[Si](C)(C)Cl.CC(C)(C)[Si](C)(C)OC[C@H]1O[C@@H](n2ccc(N)nc2=O)CC1O.Nc1ccn([C@H]2CC(O)[C@@H](CO)O2)c(=O)n1. The third kappa shape index (κ3) is 36.6. The van der Waals surface area contributed by atoms with Crippen LogP contribution in [0.15, 0.2) is 136 Å². The predicted molar refractivity (Wildman–Crippen MR) is 480 cm³/mol. The summed E-state index contributed by atoms with van der Waals surface area (Å²) in [5.41, 5.74) is 24.6. The zero-order valence-corrected chi connectivity index (χ0v) is 82.0. The van der Waals surface area contributed by atoms with E-state index < -0.39 is 156 Å². The third-order valence-corrected chi connectivity index (χ3v) is 39.3. The highest BCUT2D eigenvalue weighted by Gasteiger charge is 2.46. The molecule has 5 fully saturated rings. The Morgan fingerprint density at radius 1 is 0.465 bits per heavy atom. The van der Waals surface area contributed by atoms with E-state index in [1.165, 1.54) is 67.2 Å². The van der Waals surface area contributed by atoms with Crippen LogP contribution in [0.25, 0.3) is 0 Å². The largest absolute Gasteiger partial charge is 0.756 e. The molecule has 0 radical (unpaired) electrons. The topological polar surface area (TPSA) is 646 Å². The minimum absolute atomic E-state index is 0.0244. The van der Waals surface area contributed by atoms with Gasteiger partial charge in [0, 0.05) is 68.4 Å². The van der Waals surface area contributed by atoms with Gasteiger partial charge in [0.05, 0.1) is 83.4 Å². The van der Waals surface area contributed by atoms with Crippen LogP contribution in [0.4, 0.5) is 29.1 Å². The minimum Gasteiger partial charge on any atom is -0.756 e. The Hall–Kier alpha value is -6.37. The van der Waals surface area contributed by atoms with Crippen molar-refractivity contribution in [2.24, 2.45) is 0 Å². The number of alkyl halides is 1. The molecule has 0 amide bonds. The third-order valence-electron chi connectivity index (χ3n) is 20.9. The number of nitrogens with two attached hydrogens (primary N) is 5. The number of phosphoric ester groups is 1. The predicted octanol–water partition coefficient (Wildman–Crippen LogP) is 5.27. The van der Waals surface area contributed by atoms with E-state index in [0.717, 1.165) is 9.90 Å². The van der Waals surface area contributed by atoms with Crippen LogP contribution >= 0.6 is 50.5 Å². The quantitative estimate of drug-likeness (QED) is 0.00919. The highest BCUT2D eigenvalue weighted by Crippen LogP contribution is 2.61. The average molecular weight is 1990 g/mol. The fourth-order valence-corrected chi connectivity index (χ4v) is 15.9. The Morgan fingerprint density at radius 2 is 0.724 bits per heavy atom. The van der Waals surface area contributed by atoms with Crippen molar-refractivity contribution in [2.45, 2.75) is 241 Å². The number of allylic oxidation sites excluding steroid dienone is 1. The van der Waals surface area contributed by atoms with Gasteiger partial charge >= 0.3 is 28.4 Å². The number of halogens is 2. The Labute approximate surface area is 752 Å². The number of aliphatic hydroxyl groups excluding tert-OH is 4. The summed E-state index contributed by atoms with van der Waals surface area (Å²) in [5, 5.41) is 39.3. The summed E-state index contributed by atoms with van der Waals surface area (Å²) in [4.78, 5) is 119. The first kappa shape index (κ1) is 113. The Morgan fingerprint density at radius 3 is 0.984 bits per heavy atom. The highest BCUT2D eigenvalue weighted by molar-refractivity contribution is 9.09. The first-order valence-corrected chi connectivity index (χ1v) is 55.2. The van der Waals surface area contributed by atoms with Gasteiger partial charge in [-0.3, -0.25) is 36.5 Å². The minimum atomic E-state index is -6.03. The van der Waals surface area contributed by atoms with E-state index in [1.807, 2.05) is 0 Å². The molecular formula is C75H125BrClN15O29P3Si3-3. The van der Waals surface area contributed by atoms with Crippen molar-refractivity contribution in [1.82, 2.24) is 47.8 Å². The fourth-order valence-electron chi connectivity index (χ4n) is 11.0. The molecule has 0 aliphatic carbocycles. The van der Waals surface area contributed by atoms with Crippen molar-refractivity contribution in [3.63, 3.8) is 0 Å². The molecule has 5 aliphatic rings. The molecule has 718 valence electrons. The number of hydrogen-bond donors (Lipinski definition) is 10. The van der Waals surface area contributed by atoms with Gasteiger partial charge in [-0.05, 0) is 71.6 Å². The van der Waals surface area contributed by atoms with E-state index in [1.54, 1.807) is 36.7 Å². The summed E-state index contributed by atoms with van der Waals surface area (Å²) in [6.45, 7) is 47.2. The van der Waals surface area contributed by atoms with Crippen LogP contribution in [0.3, 0.4) is 0 Å². The Bertz CT molecular complexity index is 4810. The standard InChI is InChI=1S/C18H31N3O4Si.C15H27N3O4Si.C12H20N3O13P3.C12H17N3O4.C9H13N3O4.C6H15ClSi.C3H5Br/c1-7-10-23-13-11-16(21-9-8-15(19)20-17(21)22)25-14(13)12-24-26(5,6)18(2,3)4;1-15(2,3)23(4,5)21-9-11-10(19)8-13(22-11)18-7-6-12(16)17-14(18)20;1-2-5-24-8-6-11(15-4-3-10(13)14-12(15)16)26-9(8)7-25-30(20,21)28-31(22,23)27-29(17,18)19;1-2-5-18-8-6-11(19-9(8)7-16)15-4-3-10(13)14-12(15)17;10-7-1-2-12(9(15)11-7)8-3-5(14)6(4-13)16-8;1-6(2,3)8(4,5)7;1-2-3-4/h7-9,13-14,16H,1,10-12H2,2-6H3,(H2,19,20,22);6-7,10-11,13,19H,8-9H2,1-5H3,(H2,16,17,20);2-4,8-9,11H,1,5-7H2,(H,20,21)(H,22,23)(H2,13,14,16)(H2,17,18,19);2-4,8-9,11,16H,1,5-7H2,(H2,13,14,17);1-2,5-6,8,13-14H,3-4H2,(H2,10,11,15);1-5H3;2H,1,3H2/p-3/t13?,14-,16-;10?,11-,13-;2*8?,9-,11-;5?,6-,8-;;/m11111../s1. The molecule has 0 spiro atoms. The van der Waals surface area contributed by atoms with Gasteiger partial charge in [-0.25, -0.2) is 32.6 Å². The monoisotopic (exact) mass is 1990 g/mol. The van der Waals surface area contributed by atoms with E-state index in [2.05, 4.69) is 182 Å². The maximum absolute atomic E-state index is 12.1. The Balaban J connectivity index is 0.000000326. The molecule has 5 aromatic heterocycles. The molecule has 52 heteroatoms. The van der Waals surface area contributed by atoms with Crippen molar-refractivity contribution in [2.75, 3.05) is 86.9 Å². The summed E-state index contributed by atoms with van der Waals surface area (Å²) < 4.78 is 109. The number of aliphatic hydroxyl groups is 4. The van der Waals surface area contributed by atoms with Gasteiger partial charge in [0.1, 0.15) is 90.7 Å². The van der Waals surface area contributed by atoms with Crippen LogP contribution < -0.4 is 71.8 Å². The number of anilines is 5. The van der Waals surface area contributed by atoms with Crippen molar-refractivity contribution >= 4 is 104 Å². The zero-order valence-electron chi connectivity index (χ0n) is 74.0. The van der Waals surface area contributed by atoms with E-state index in [4.69, 9.17) is 96.5 Å². The first-order chi connectivity index (χ1) is 58.7. The van der Waals surface area contributed by atoms with Gasteiger partial charge in [-0.2, -0.15) is 36.0 Å². The van der Waals surface area contributed by atoms with Crippen molar-refractivity contribution in [3.8, 4) is 0 Å². The van der Waals surface area contributed by atoms with Crippen LogP contribution in [-0.4, -0.2) is 216 Å². The Kier molecular flexibility index (Phi) is 44.4. The van der Waals surface area contributed by atoms with E-state index >= 15 is 0 Å². The second-order valence-corrected chi connectivity index (χ2v) is 55.5. The maximum atomic E-state index is 12.1. The number of nitrogens with zero attached hydrogens (tertiary/aromatic N) is 10. The zero-order chi connectivity index (χ0) is 96.3. The number of rotatable bonds is 30. The van der Waals surface area contributed by atoms with Gasteiger partial charge in [0.2, 0.25) is 0 Å². The molecule has 10 rings (SSSR count). The summed E-state index contributed by atoms with van der Waals surface area (Å²) in [6.07, 6.45) is 6.83. The molecule has 44 nitrogen and oxygen atoms in total. The number of aromatic nitrogens is 10. The molecule has 15 N–H and O–H groups in total. The second kappa shape index (κ2) is 49.9. The number of phosphoric acid groups is 3. The molecule has 0 bridgehead atoms. The van der Waals surface area contributed by atoms with Crippen LogP contribution in [0.2, 0.25) is 54.4 Å². The van der Waals surface area contributed by atoms with Gasteiger partial charge < -0.3 is 120 Å². The van der Waals surface area contributed by atoms with Crippen molar-refractivity contribution in [1.29, 1.82) is 0 Å². The molecule has 8 unspecified atom stereocenters. The fraction of sp³-hybridized carbons (Fsp3) is 0.627. The lowest BCUT2D eigenvalue weighted by Crippen LogP contribution is -2.44. The summed E-state index contributed by atoms with van der Waals surface area (Å²) in [6, 6.07) is 7.45. The van der Waals surface area contributed by atoms with Crippen LogP contribution in [0, 0.1) is 0 Å². The van der Waals surface area contributed by atoms with E-state index in [0.29, 0.717) is 50.7 Å². The van der Waals surface area contributed by atoms with Crippen molar-refractivity contribution in [3.05, 3.63) is 164 Å². The van der Waals surface area contributed by atoms with Gasteiger partial charge in [-0.1, -0.05) is 116 Å². The second-order valence-electron chi connectivity index (χ2n) is 33.6. The molecule has 5 aromatic rings. The molecule has 5 aliphatic heterocycles. The summed E-state index contributed by atoms with van der Waals surface area (Å²) >= 11 is 9.28. The van der Waals surface area contributed by atoms with Gasteiger partial charge in [0.25, 0.3) is 23.5 Å². The van der Waals surface area contributed by atoms with Crippen LogP contribution in [0.1, 0.15) is 126 Å². The summed E-state index contributed by atoms with van der Waals surface area (Å²) in [7, 11) is -22.8. The average Bonchev–Trinajstić information content (AvgIpc) is 1.87. The molecule has 18 atom stereocenters. The molecule has 10 heterocycles. The molecule has 5 saturated heterocycles. The van der Waals surface area contributed by atoms with Crippen molar-refractivity contribution < 1.29 is 114 Å². The lowest BCUT2D eigenvalue weighted by Gasteiger charge is -2.37. The number of ether oxygens (including phenoxy) is 8. The van der Waals surface area contributed by atoms with E-state index in [-0.39, 0.29) is 90.1 Å². The molecule has 0 saturated carbocycles. The van der Waals surface area contributed by atoms with Crippen LogP contribution in [0.5, 0.6) is 0 Å². The highest BCUT2D eigenvalue weighted by atomic mass is 79.9. The lowest BCUT2D eigenvalue weighted by molar-refractivity contribution is -0.250. The molecule has 0 aromatic carbocycles. The van der Waals surface area contributed by atoms with E-state index in [9.17, 15) is 67.7 Å². The number of nitrogen functional groups attached to an aromatic ring is 5. The van der Waals surface area contributed by atoms with Gasteiger partial charge in [0.15, 0.2) is 24.0 Å². The lowest BCUT2D eigenvalue weighted by atomic mass is 10.2. The molecule has 127 heavy (non-hydrogen) atoms.